The molecule has 2 bridgehead atoms. The minimum absolute atomic E-state index is 0.0911. The molecule has 5 heteroatoms. The summed E-state index contributed by atoms with van der Waals surface area (Å²) in [4.78, 5) is 37.9. The minimum atomic E-state index is -0.803. The number of hydrogen-bond acceptors (Lipinski definition) is 3. The van der Waals surface area contributed by atoms with Gasteiger partial charge >= 0.3 is 0 Å². The van der Waals surface area contributed by atoms with Crippen molar-refractivity contribution in [2.45, 2.75) is 31.8 Å². The van der Waals surface area contributed by atoms with Gasteiger partial charge in [0.25, 0.3) is 11.8 Å². The quantitative estimate of drug-likeness (QED) is 0.766. The minimum Gasteiger partial charge on any atom is -0.319 e. The predicted octanol–water partition coefficient (Wildman–Crippen LogP) is 0.756. The number of fused-ring (bicyclic) bond motifs is 3. The van der Waals surface area contributed by atoms with E-state index in [0.717, 1.165) is 11.1 Å². The third-order valence-electron chi connectivity index (χ3n) is 4.78. The zero-order chi connectivity index (χ0) is 14.1. The van der Waals surface area contributed by atoms with Crippen molar-refractivity contribution in [3.8, 4) is 0 Å². The highest BCUT2D eigenvalue weighted by molar-refractivity contribution is 6.10. The van der Waals surface area contributed by atoms with Crippen LogP contribution in [0.2, 0.25) is 0 Å². The second-order valence-electron chi connectivity index (χ2n) is 6.01. The largest absolute Gasteiger partial charge is 0.319 e. The van der Waals surface area contributed by atoms with Gasteiger partial charge in [0.2, 0.25) is 5.91 Å². The van der Waals surface area contributed by atoms with Crippen LogP contribution in [0.3, 0.4) is 0 Å². The van der Waals surface area contributed by atoms with Gasteiger partial charge in [-0.3, -0.25) is 19.7 Å². The van der Waals surface area contributed by atoms with E-state index in [4.69, 9.17) is 0 Å². The van der Waals surface area contributed by atoms with Crippen LogP contribution in [-0.2, 0) is 16.1 Å². The van der Waals surface area contributed by atoms with Gasteiger partial charge in [-0.05, 0) is 31.4 Å². The van der Waals surface area contributed by atoms with Crippen LogP contribution in [0.4, 0.5) is 0 Å². The molecular weight excluding hydrogens is 256 g/mol. The zero-order valence-corrected chi connectivity index (χ0v) is 11.1. The summed E-state index contributed by atoms with van der Waals surface area (Å²) in [6.07, 6.45) is 0.937. The fourth-order valence-electron chi connectivity index (χ4n) is 3.56. The second-order valence-corrected chi connectivity index (χ2v) is 6.01. The maximum absolute atomic E-state index is 12.6. The van der Waals surface area contributed by atoms with Crippen LogP contribution in [0.15, 0.2) is 18.2 Å². The Kier molecular flexibility index (Phi) is 2.02. The maximum Gasteiger partial charge on any atom is 0.255 e. The molecule has 1 N–H and O–H groups in total. The van der Waals surface area contributed by atoms with Gasteiger partial charge < -0.3 is 4.90 Å². The van der Waals surface area contributed by atoms with Gasteiger partial charge in [-0.25, -0.2) is 0 Å². The Bertz CT molecular complexity index is 674. The second kappa shape index (κ2) is 3.48. The van der Waals surface area contributed by atoms with Crippen LogP contribution in [-0.4, -0.2) is 28.2 Å². The average Bonchev–Trinajstić information content (AvgIpc) is 2.66. The van der Waals surface area contributed by atoms with Gasteiger partial charge in [0, 0.05) is 18.0 Å². The van der Waals surface area contributed by atoms with Gasteiger partial charge in [0.05, 0.1) is 0 Å². The van der Waals surface area contributed by atoms with Crippen LogP contribution in [0.5, 0.6) is 0 Å². The highest BCUT2D eigenvalue weighted by Crippen LogP contribution is 2.48. The predicted molar refractivity (Wildman–Crippen MR) is 69.7 cm³/mol. The molecule has 4 aliphatic rings. The fourth-order valence-corrected chi connectivity index (χ4v) is 3.56. The number of amides is 3. The third-order valence-corrected chi connectivity index (χ3v) is 4.78. The Morgan fingerprint density at radius 1 is 1.25 bits per heavy atom. The SMILES string of the molecule is Cc1ccc2c(c1)C(=O)N(C13CC(C1)C(=O)NC3=O)C2. The lowest BCUT2D eigenvalue weighted by Crippen LogP contribution is -2.73. The fraction of sp³-hybridized carbons (Fsp3) is 0.400. The van der Waals surface area contributed by atoms with E-state index in [-0.39, 0.29) is 23.6 Å². The number of imide groups is 1. The molecule has 102 valence electrons. The topological polar surface area (TPSA) is 66.5 Å². The normalized spacial score (nSPS) is 30.9. The first-order chi connectivity index (χ1) is 9.51. The highest BCUT2D eigenvalue weighted by Gasteiger charge is 2.62. The number of hydrogen-bond donors (Lipinski definition) is 1. The van der Waals surface area contributed by atoms with Gasteiger partial charge in [-0.15, -0.1) is 0 Å². The molecule has 20 heavy (non-hydrogen) atoms. The highest BCUT2D eigenvalue weighted by atomic mass is 16.2. The summed E-state index contributed by atoms with van der Waals surface area (Å²) >= 11 is 0. The summed E-state index contributed by atoms with van der Waals surface area (Å²) < 4.78 is 0. The molecule has 2 saturated heterocycles. The first kappa shape index (κ1) is 11.6. The molecule has 1 saturated carbocycles. The molecular formula is C15H14N2O3. The first-order valence-electron chi connectivity index (χ1n) is 6.78. The molecule has 1 aromatic carbocycles. The number of nitrogens with one attached hydrogen (secondary N) is 1. The molecule has 5 nitrogen and oxygen atoms in total. The van der Waals surface area contributed by atoms with E-state index < -0.39 is 5.54 Å². The van der Waals surface area contributed by atoms with Crippen molar-refractivity contribution < 1.29 is 14.4 Å². The number of carbonyl (C=O) groups excluding carboxylic acids is 3. The molecule has 3 amide bonds. The van der Waals surface area contributed by atoms with Crippen LogP contribution >= 0.6 is 0 Å². The van der Waals surface area contributed by atoms with Gasteiger partial charge in [0.15, 0.2) is 0 Å². The molecule has 3 aliphatic heterocycles. The van der Waals surface area contributed by atoms with Crippen LogP contribution < -0.4 is 5.32 Å². The van der Waals surface area contributed by atoms with Crippen LogP contribution in [0.1, 0.15) is 34.3 Å². The monoisotopic (exact) mass is 270 g/mol. The number of aryl methyl sites for hydroxylation is 1. The van der Waals surface area contributed by atoms with Gasteiger partial charge in [-0.1, -0.05) is 17.7 Å². The summed E-state index contributed by atoms with van der Waals surface area (Å²) in [5.74, 6) is -0.725. The number of nitrogens with zero attached hydrogens (tertiary/aromatic N) is 1. The number of rotatable bonds is 1. The third kappa shape index (κ3) is 1.25. The van der Waals surface area contributed by atoms with Crippen molar-refractivity contribution >= 4 is 17.7 Å². The Morgan fingerprint density at radius 2 is 2.00 bits per heavy atom. The standard InChI is InChI=1S/C15H14N2O3/c1-8-2-3-9-7-17(13(19)11(9)4-8)15-5-10(6-15)12(18)16-14(15)20/h2-4,10H,5-7H2,1H3,(H,16,18,20). The van der Waals surface area contributed by atoms with Crippen molar-refractivity contribution in [1.29, 1.82) is 0 Å². The summed E-state index contributed by atoms with van der Waals surface area (Å²) in [7, 11) is 0. The molecule has 3 heterocycles. The van der Waals surface area contributed by atoms with E-state index in [0.29, 0.717) is 24.9 Å². The van der Waals surface area contributed by atoms with Gasteiger partial charge in [-0.2, -0.15) is 0 Å². The molecule has 3 fully saturated rings. The summed E-state index contributed by atoms with van der Waals surface area (Å²) in [6.45, 7) is 2.41. The van der Waals surface area contributed by atoms with Crippen molar-refractivity contribution in [3.05, 3.63) is 34.9 Å². The van der Waals surface area contributed by atoms with E-state index in [1.807, 2.05) is 25.1 Å². The Morgan fingerprint density at radius 3 is 2.70 bits per heavy atom. The van der Waals surface area contributed by atoms with Crippen molar-refractivity contribution in [1.82, 2.24) is 10.2 Å². The molecule has 1 aromatic rings. The Hall–Kier alpha value is -2.17. The smallest absolute Gasteiger partial charge is 0.255 e. The summed E-state index contributed by atoms with van der Waals surface area (Å²) in [6, 6.07) is 5.79. The van der Waals surface area contributed by atoms with Gasteiger partial charge in [0.1, 0.15) is 5.54 Å². The molecule has 5 rings (SSSR count). The molecule has 0 unspecified atom stereocenters. The zero-order valence-electron chi connectivity index (χ0n) is 11.1. The Labute approximate surface area is 115 Å². The lowest BCUT2D eigenvalue weighted by atomic mass is 9.63. The first-order valence-corrected chi connectivity index (χ1v) is 6.78. The van der Waals surface area contributed by atoms with Crippen molar-refractivity contribution in [2.75, 3.05) is 0 Å². The molecule has 0 atom stereocenters. The number of benzene rings is 1. The Balaban J connectivity index is 1.71. The maximum atomic E-state index is 12.6. The van der Waals surface area contributed by atoms with Crippen LogP contribution in [0.25, 0.3) is 0 Å². The van der Waals surface area contributed by atoms with Crippen LogP contribution in [0, 0.1) is 12.8 Å². The average molecular weight is 270 g/mol. The van der Waals surface area contributed by atoms with E-state index in [1.165, 1.54) is 0 Å². The van der Waals surface area contributed by atoms with E-state index >= 15 is 0 Å². The van der Waals surface area contributed by atoms with E-state index in [2.05, 4.69) is 5.32 Å². The van der Waals surface area contributed by atoms with Crippen molar-refractivity contribution in [2.24, 2.45) is 5.92 Å². The molecule has 0 aromatic heterocycles. The number of carbonyl (C=O) groups is 3. The summed E-state index contributed by atoms with van der Waals surface area (Å²) in [5, 5.41) is 2.38. The number of piperidine rings is 2. The van der Waals surface area contributed by atoms with Crippen molar-refractivity contribution in [3.63, 3.8) is 0 Å². The van der Waals surface area contributed by atoms with E-state index in [1.54, 1.807) is 4.90 Å². The summed E-state index contributed by atoms with van der Waals surface area (Å²) in [5.41, 5.74) is 1.88. The molecule has 0 spiro atoms. The molecule has 1 aliphatic carbocycles. The lowest BCUT2D eigenvalue weighted by Gasteiger charge is -2.53. The molecule has 0 radical (unpaired) electrons. The van der Waals surface area contributed by atoms with E-state index in [9.17, 15) is 14.4 Å². The lowest BCUT2D eigenvalue weighted by molar-refractivity contribution is -0.160.